The SMILES string of the molecule is COC(C)c1c(N)cnc2sc(C)nc12. The Hall–Kier alpha value is -1.20. The minimum atomic E-state index is -0.0583. The lowest BCUT2D eigenvalue weighted by atomic mass is 10.1. The van der Waals surface area contributed by atoms with E-state index in [1.807, 2.05) is 13.8 Å². The standard InChI is InChI=1S/C10H13N3OS/c1-5(14-3)8-7(11)4-12-10-9(8)13-6(2)15-10/h4-5H,11H2,1-3H3. The number of methoxy groups -OCH3 is 1. The van der Waals surface area contributed by atoms with Gasteiger partial charge in [0.1, 0.15) is 10.3 Å². The number of nitrogen functional groups attached to an aromatic ring is 1. The Bertz CT molecular complexity index is 495. The van der Waals surface area contributed by atoms with Crippen molar-refractivity contribution in [1.82, 2.24) is 9.97 Å². The number of hydrogen-bond acceptors (Lipinski definition) is 5. The van der Waals surface area contributed by atoms with Crippen LogP contribution in [0.1, 0.15) is 23.6 Å². The molecule has 2 heterocycles. The zero-order valence-corrected chi connectivity index (χ0v) is 9.76. The van der Waals surface area contributed by atoms with Crippen molar-refractivity contribution in [3.05, 3.63) is 16.8 Å². The molecule has 0 radical (unpaired) electrons. The normalized spacial score (nSPS) is 13.3. The second-order valence-corrected chi connectivity index (χ2v) is 4.57. The number of nitrogens with zero attached hydrogens (tertiary/aromatic N) is 2. The molecule has 0 amide bonds. The van der Waals surface area contributed by atoms with Crippen LogP contribution in [0.3, 0.4) is 0 Å². The monoisotopic (exact) mass is 223 g/mol. The van der Waals surface area contributed by atoms with E-state index in [0.717, 1.165) is 20.9 Å². The van der Waals surface area contributed by atoms with Crippen molar-refractivity contribution in [3.8, 4) is 0 Å². The van der Waals surface area contributed by atoms with Crippen LogP contribution in [0.25, 0.3) is 10.3 Å². The average Bonchev–Trinajstić information content (AvgIpc) is 2.57. The summed E-state index contributed by atoms with van der Waals surface area (Å²) < 4.78 is 5.29. The van der Waals surface area contributed by atoms with Crippen LogP contribution < -0.4 is 5.73 Å². The lowest BCUT2D eigenvalue weighted by Crippen LogP contribution is -2.03. The van der Waals surface area contributed by atoms with Gasteiger partial charge in [0.15, 0.2) is 0 Å². The topological polar surface area (TPSA) is 61.0 Å². The van der Waals surface area contributed by atoms with Gasteiger partial charge in [0.05, 0.1) is 23.0 Å². The number of nitrogens with two attached hydrogens (primary N) is 1. The molecule has 0 aliphatic heterocycles. The highest BCUT2D eigenvalue weighted by Crippen LogP contribution is 2.31. The Labute approximate surface area is 92.1 Å². The first-order chi connectivity index (χ1) is 7.13. The van der Waals surface area contributed by atoms with Crippen molar-refractivity contribution in [3.63, 3.8) is 0 Å². The van der Waals surface area contributed by atoms with E-state index >= 15 is 0 Å². The summed E-state index contributed by atoms with van der Waals surface area (Å²) >= 11 is 1.57. The number of anilines is 1. The molecule has 4 nitrogen and oxygen atoms in total. The predicted octanol–water partition coefficient (Wildman–Crippen LogP) is 2.29. The molecule has 0 bridgehead atoms. The molecule has 15 heavy (non-hydrogen) atoms. The molecule has 2 N–H and O–H groups in total. The van der Waals surface area contributed by atoms with E-state index in [-0.39, 0.29) is 6.10 Å². The van der Waals surface area contributed by atoms with E-state index in [9.17, 15) is 0 Å². The van der Waals surface area contributed by atoms with Gasteiger partial charge in [0, 0.05) is 12.7 Å². The maximum Gasteiger partial charge on any atom is 0.143 e. The molecule has 5 heteroatoms. The molecule has 0 aliphatic carbocycles. The lowest BCUT2D eigenvalue weighted by molar-refractivity contribution is 0.121. The van der Waals surface area contributed by atoms with Crippen LogP contribution in [0.15, 0.2) is 6.20 Å². The number of fused-ring (bicyclic) bond motifs is 1. The van der Waals surface area contributed by atoms with E-state index in [1.165, 1.54) is 0 Å². The van der Waals surface area contributed by atoms with Crippen molar-refractivity contribution in [2.45, 2.75) is 20.0 Å². The van der Waals surface area contributed by atoms with Gasteiger partial charge in [-0.15, -0.1) is 0 Å². The van der Waals surface area contributed by atoms with Gasteiger partial charge in [-0.1, -0.05) is 11.3 Å². The Balaban J connectivity index is 2.73. The molecule has 80 valence electrons. The van der Waals surface area contributed by atoms with Gasteiger partial charge in [-0.25, -0.2) is 9.97 Å². The summed E-state index contributed by atoms with van der Waals surface area (Å²) in [5.41, 5.74) is 8.34. The third kappa shape index (κ3) is 1.68. The number of thiazole rings is 1. The van der Waals surface area contributed by atoms with Crippen molar-refractivity contribution in [1.29, 1.82) is 0 Å². The van der Waals surface area contributed by atoms with E-state index in [1.54, 1.807) is 24.6 Å². The van der Waals surface area contributed by atoms with E-state index in [4.69, 9.17) is 10.5 Å². The first kappa shape index (κ1) is 10.3. The van der Waals surface area contributed by atoms with Crippen molar-refractivity contribution < 1.29 is 4.74 Å². The number of aromatic nitrogens is 2. The lowest BCUT2D eigenvalue weighted by Gasteiger charge is -2.12. The fourth-order valence-corrected chi connectivity index (χ4v) is 2.33. The Morgan fingerprint density at radius 1 is 1.53 bits per heavy atom. The first-order valence-electron chi connectivity index (χ1n) is 4.67. The first-order valence-corrected chi connectivity index (χ1v) is 5.49. The second kappa shape index (κ2) is 3.75. The molecular formula is C10H13N3OS. The van der Waals surface area contributed by atoms with E-state index in [2.05, 4.69) is 9.97 Å². The molecule has 2 rings (SSSR count). The molecule has 2 aromatic heterocycles. The zero-order chi connectivity index (χ0) is 11.0. The second-order valence-electron chi connectivity index (χ2n) is 3.39. The van der Waals surface area contributed by atoms with Crippen LogP contribution in [0.2, 0.25) is 0 Å². The van der Waals surface area contributed by atoms with Crippen LogP contribution >= 0.6 is 11.3 Å². The maximum absolute atomic E-state index is 5.89. The molecule has 0 saturated heterocycles. The highest BCUT2D eigenvalue weighted by Gasteiger charge is 2.16. The molecule has 1 atom stereocenters. The van der Waals surface area contributed by atoms with Gasteiger partial charge in [0.2, 0.25) is 0 Å². The molecule has 1 unspecified atom stereocenters. The van der Waals surface area contributed by atoms with Gasteiger partial charge in [-0.3, -0.25) is 0 Å². The van der Waals surface area contributed by atoms with Crippen LogP contribution in [0.4, 0.5) is 5.69 Å². The number of pyridine rings is 1. The predicted molar refractivity (Wildman–Crippen MR) is 62.0 cm³/mol. The highest BCUT2D eigenvalue weighted by atomic mass is 32.1. The Morgan fingerprint density at radius 2 is 2.27 bits per heavy atom. The Kier molecular flexibility index (Phi) is 2.58. The molecular weight excluding hydrogens is 210 g/mol. The highest BCUT2D eigenvalue weighted by molar-refractivity contribution is 7.18. The molecule has 0 aromatic carbocycles. The quantitative estimate of drug-likeness (QED) is 0.848. The third-order valence-electron chi connectivity index (χ3n) is 2.36. The van der Waals surface area contributed by atoms with Crippen molar-refractivity contribution in [2.75, 3.05) is 12.8 Å². The summed E-state index contributed by atoms with van der Waals surface area (Å²) in [5, 5.41) is 0.993. The summed E-state index contributed by atoms with van der Waals surface area (Å²) in [6.45, 7) is 3.92. The minimum absolute atomic E-state index is 0.0583. The smallest absolute Gasteiger partial charge is 0.143 e. The van der Waals surface area contributed by atoms with Crippen LogP contribution in [0, 0.1) is 6.92 Å². The number of ether oxygens (including phenoxy) is 1. The third-order valence-corrected chi connectivity index (χ3v) is 3.24. The van der Waals surface area contributed by atoms with E-state index < -0.39 is 0 Å². The van der Waals surface area contributed by atoms with Crippen molar-refractivity contribution in [2.24, 2.45) is 0 Å². The summed E-state index contributed by atoms with van der Waals surface area (Å²) in [4.78, 5) is 9.61. The average molecular weight is 223 g/mol. The molecule has 0 saturated carbocycles. The van der Waals surface area contributed by atoms with Crippen LogP contribution in [-0.4, -0.2) is 17.1 Å². The fourth-order valence-electron chi connectivity index (χ4n) is 1.56. The van der Waals surface area contributed by atoms with Gasteiger partial charge in [-0.2, -0.15) is 0 Å². The van der Waals surface area contributed by atoms with Crippen LogP contribution in [0.5, 0.6) is 0 Å². The van der Waals surface area contributed by atoms with Gasteiger partial charge >= 0.3 is 0 Å². The summed E-state index contributed by atoms with van der Waals surface area (Å²) in [6.07, 6.45) is 1.61. The maximum atomic E-state index is 5.89. The number of aryl methyl sites for hydroxylation is 1. The molecule has 2 aromatic rings. The van der Waals surface area contributed by atoms with Gasteiger partial charge < -0.3 is 10.5 Å². The largest absolute Gasteiger partial charge is 0.397 e. The molecule has 0 fully saturated rings. The van der Waals surface area contributed by atoms with Crippen LogP contribution in [-0.2, 0) is 4.74 Å². The van der Waals surface area contributed by atoms with Gasteiger partial charge in [-0.05, 0) is 13.8 Å². The zero-order valence-electron chi connectivity index (χ0n) is 8.94. The van der Waals surface area contributed by atoms with E-state index in [0.29, 0.717) is 5.69 Å². The Morgan fingerprint density at radius 3 is 2.93 bits per heavy atom. The van der Waals surface area contributed by atoms with Crippen molar-refractivity contribution >= 4 is 27.4 Å². The minimum Gasteiger partial charge on any atom is -0.397 e. The summed E-state index contributed by atoms with van der Waals surface area (Å²) in [6, 6.07) is 0. The summed E-state index contributed by atoms with van der Waals surface area (Å²) in [7, 11) is 1.66. The molecule has 0 aliphatic rings. The van der Waals surface area contributed by atoms with Gasteiger partial charge in [0.25, 0.3) is 0 Å². The number of rotatable bonds is 2. The summed E-state index contributed by atoms with van der Waals surface area (Å²) in [5.74, 6) is 0. The molecule has 0 spiro atoms. The fraction of sp³-hybridized carbons (Fsp3) is 0.400. The number of hydrogen-bond donors (Lipinski definition) is 1.